The van der Waals surface area contributed by atoms with Gasteiger partial charge in [-0.15, -0.1) is 0 Å². The van der Waals surface area contributed by atoms with E-state index in [-0.39, 0.29) is 18.1 Å². The Kier molecular flexibility index (Phi) is 4.81. The van der Waals surface area contributed by atoms with Gasteiger partial charge in [0.15, 0.2) is 0 Å². The van der Waals surface area contributed by atoms with Crippen molar-refractivity contribution in [3.8, 4) is 0 Å². The topological polar surface area (TPSA) is 62.6 Å². The quantitative estimate of drug-likeness (QED) is 0.427. The Morgan fingerprint density at radius 2 is 1.61 bits per heavy atom. The molecule has 6 heteroatoms. The number of rotatable bonds is 5. The number of carbonyl (C=O) groups is 2. The first-order valence-corrected chi connectivity index (χ1v) is 10.1. The maximum Gasteiger partial charge on any atom is 0.278 e. The number of anilines is 1. The van der Waals surface area contributed by atoms with Crippen molar-refractivity contribution in [2.45, 2.75) is 6.54 Å². The van der Waals surface area contributed by atoms with E-state index in [9.17, 15) is 9.59 Å². The summed E-state index contributed by atoms with van der Waals surface area (Å²) in [6.07, 6.45) is 1.52. The van der Waals surface area contributed by atoms with Crippen molar-refractivity contribution in [3.63, 3.8) is 0 Å². The van der Waals surface area contributed by atoms with Gasteiger partial charge in [-0.1, -0.05) is 60.1 Å². The van der Waals surface area contributed by atoms with Crippen LogP contribution in [0, 0.1) is 0 Å². The molecule has 0 atom stereocenters. The predicted molar refractivity (Wildman–Crippen MR) is 120 cm³/mol. The molecule has 152 valence electrons. The van der Waals surface area contributed by atoms with Gasteiger partial charge in [0.1, 0.15) is 11.5 Å². The second-order valence-corrected chi connectivity index (χ2v) is 7.62. The Morgan fingerprint density at radius 1 is 0.839 bits per heavy atom. The first-order chi connectivity index (χ1) is 15.1. The minimum atomic E-state index is -0.403. The standard InChI is InChI=1S/C25H17ClN2O3/c26-18-12-10-17(11-13-18)22-23(25(30)28(24(22)29)15-19-7-4-14-31-19)27-21-9-3-6-16-5-1-2-8-20(16)21/h1-14,27H,15H2. The smallest absolute Gasteiger partial charge is 0.278 e. The molecule has 5 rings (SSSR count). The van der Waals surface area contributed by atoms with Gasteiger partial charge < -0.3 is 9.73 Å². The van der Waals surface area contributed by atoms with Crippen molar-refractivity contribution in [2.24, 2.45) is 0 Å². The van der Waals surface area contributed by atoms with Gasteiger partial charge in [-0.25, -0.2) is 0 Å². The molecule has 0 radical (unpaired) electrons. The van der Waals surface area contributed by atoms with Crippen LogP contribution in [0.4, 0.5) is 5.69 Å². The minimum absolute atomic E-state index is 0.0580. The number of amides is 2. The number of benzene rings is 3. The SMILES string of the molecule is O=C1C(Nc2cccc3ccccc23)=C(c2ccc(Cl)cc2)C(=O)N1Cc1ccco1. The number of nitrogens with zero attached hydrogens (tertiary/aromatic N) is 1. The summed E-state index contributed by atoms with van der Waals surface area (Å²) in [5, 5.41) is 5.78. The van der Waals surface area contributed by atoms with Crippen LogP contribution in [0.15, 0.2) is 95.2 Å². The van der Waals surface area contributed by atoms with E-state index in [2.05, 4.69) is 5.32 Å². The highest BCUT2D eigenvalue weighted by atomic mass is 35.5. The Balaban J connectivity index is 1.61. The maximum atomic E-state index is 13.4. The summed E-state index contributed by atoms with van der Waals surface area (Å²) in [4.78, 5) is 27.9. The molecule has 0 aliphatic carbocycles. The van der Waals surface area contributed by atoms with Crippen LogP contribution < -0.4 is 5.32 Å². The Morgan fingerprint density at radius 3 is 2.39 bits per heavy atom. The summed E-state index contributed by atoms with van der Waals surface area (Å²) < 4.78 is 5.36. The molecule has 0 fully saturated rings. The summed E-state index contributed by atoms with van der Waals surface area (Å²) in [7, 11) is 0. The highest BCUT2D eigenvalue weighted by Crippen LogP contribution is 2.34. The number of fused-ring (bicyclic) bond motifs is 1. The molecule has 0 saturated carbocycles. The van der Waals surface area contributed by atoms with Crippen LogP contribution in [0.1, 0.15) is 11.3 Å². The van der Waals surface area contributed by atoms with Gasteiger partial charge in [0.2, 0.25) is 0 Å². The zero-order valence-electron chi connectivity index (χ0n) is 16.3. The molecule has 1 aliphatic heterocycles. The average Bonchev–Trinajstić information content (AvgIpc) is 3.38. The van der Waals surface area contributed by atoms with Crippen molar-refractivity contribution in [2.75, 3.05) is 5.32 Å². The molecule has 1 N–H and O–H groups in total. The van der Waals surface area contributed by atoms with Gasteiger partial charge in [0, 0.05) is 16.1 Å². The zero-order chi connectivity index (χ0) is 21.4. The molecule has 1 aliphatic rings. The fourth-order valence-electron chi connectivity index (χ4n) is 3.75. The number of furan rings is 1. The van der Waals surface area contributed by atoms with Crippen molar-refractivity contribution in [1.82, 2.24) is 4.90 Å². The number of nitrogens with one attached hydrogen (secondary N) is 1. The number of hydrogen-bond acceptors (Lipinski definition) is 4. The first-order valence-electron chi connectivity index (χ1n) is 9.75. The van der Waals surface area contributed by atoms with Crippen LogP contribution in [0.5, 0.6) is 0 Å². The van der Waals surface area contributed by atoms with Crippen molar-refractivity contribution < 1.29 is 14.0 Å². The molecule has 4 aromatic rings. The fourth-order valence-corrected chi connectivity index (χ4v) is 3.87. The van der Waals surface area contributed by atoms with Crippen molar-refractivity contribution in [1.29, 1.82) is 0 Å². The Labute approximate surface area is 183 Å². The van der Waals surface area contributed by atoms with Gasteiger partial charge in [-0.3, -0.25) is 14.5 Å². The molecule has 31 heavy (non-hydrogen) atoms. The summed E-state index contributed by atoms with van der Waals surface area (Å²) in [6.45, 7) is 0.0580. The number of hydrogen-bond donors (Lipinski definition) is 1. The Hall–Kier alpha value is -3.83. The van der Waals surface area contributed by atoms with Crippen LogP contribution in [0.3, 0.4) is 0 Å². The van der Waals surface area contributed by atoms with E-state index in [4.69, 9.17) is 16.0 Å². The lowest BCUT2D eigenvalue weighted by molar-refractivity contribution is -0.137. The monoisotopic (exact) mass is 428 g/mol. The van der Waals surface area contributed by atoms with Crippen LogP contribution in [-0.4, -0.2) is 16.7 Å². The van der Waals surface area contributed by atoms with E-state index in [0.717, 1.165) is 16.5 Å². The van der Waals surface area contributed by atoms with E-state index in [0.29, 0.717) is 21.9 Å². The van der Waals surface area contributed by atoms with Gasteiger partial charge in [-0.05, 0) is 41.3 Å². The lowest BCUT2D eigenvalue weighted by atomic mass is 10.0. The van der Waals surface area contributed by atoms with Gasteiger partial charge >= 0.3 is 0 Å². The highest BCUT2D eigenvalue weighted by Gasteiger charge is 2.39. The largest absolute Gasteiger partial charge is 0.467 e. The molecular weight excluding hydrogens is 412 g/mol. The third kappa shape index (κ3) is 3.49. The minimum Gasteiger partial charge on any atom is -0.467 e. The molecule has 3 aromatic carbocycles. The number of imide groups is 1. The molecule has 2 amide bonds. The van der Waals surface area contributed by atoms with Crippen LogP contribution >= 0.6 is 11.6 Å². The molecule has 0 bridgehead atoms. The third-order valence-electron chi connectivity index (χ3n) is 5.24. The number of halogens is 1. The van der Waals surface area contributed by atoms with Crippen LogP contribution in [0.2, 0.25) is 5.02 Å². The van der Waals surface area contributed by atoms with Crippen LogP contribution in [0.25, 0.3) is 16.3 Å². The lowest BCUT2D eigenvalue weighted by Crippen LogP contribution is -2.31. The molecule has 0 saturated heterocycles. The molecule has 2 heterocycles. The molecule has 1 aromatic heterocycles. The van der Waals surface area contributed by atoms with E-state index in [1.807, 2.05) is 42.5 Å². The molecule has 0 spiro atoms. The van der Waals surface area contributed by atoms with E-state index in [1.165, 1.54) is 11.2 Å². The molecular formula is C25H17ClN2O3. The van der Waals surface area contributed by atoms with Gasteiger partial charge in [0.25, 0.3) is 11.8 Å². The third-order valence-corrected chi connectivity index (χ3v) is 5.50. The zero-order valence-corrected chi connectivity index (χ0v) is 17.1. The predicted octanol–water partition coefficient (Wildman–Crippen LogP) is 5.48. The van der Waals surface area contributed by atoms with E-state index in [1.54, 1.807) is 36.4 Å². The average molecular weight is 429 g/mol. The maximum absolute atomic E-state index is 13.4. The fraction of sp³-hybridized carbons (Fsp3) is 0.0400. The first kappa shape index (κ1) is 19.2. The van der Waals surface area contributed by atoms with Gasteiger partial charge in [-0.2, -0.15) is 0 Å². The van der Waals surface area contributed by atoms with Crippen LogP contribution in [-0.2, 0) is 16.1 Å². The van der Waals surface area contributed by atoms with E-state index < -0.39 is 5.91 Å². The van der Waals surface area contributed by atoms with Crippen molar-refractivity contribution >= 4 is 45.4 Å². The Bertz CT molecular complexity index is 1320. The lowest BCUT2D eigenvalue weighted by Gasteiger charge is -2.14. The normalized spacial score (nSPS) is 14.0. The molecule has 5 nitrogen and oxygen atoms in total. The summed E-state index contributed by atoms with van der Waals surface area (Å²) >= 11 is 6.03. The second kappa shape index (κ2) is 7.78. The van der Waals surface area contributed by atoms with Gasteiger partial charge in [0.05, 0.1) is 18.4 Å². The number of carbonyl (C=O) groups excluding carboxylic acids is 2. The van der Waals surface area contributed by atoms with E-state index >= 15 is 0 Å². The summed E-state index contributed by atoms with van der Waals surface area (Å²) in [5.74, 6) is -0.255. The second-order valence-electron chi connectivity index (χ2n) is 7.18. The van der Waals surface area contributed by atoms with Crippen molar-refractivity contribution in [3.05, 3.63) is 107 Å². The molecule has 0 unspecified atom stereocenters. The highest BCUT2D eigenvalue weighted by molar-refractivity contribution is 6.37. The summed E-state index contributed by atoms with van der Waals surface area (Å²) in [5.41, 5.74) is 1.91. The summed E-state index contributed by atoms with van der Waals surface area (Å²) in [6, 6.07) is 24.0.